The molecule has 3 N–H and O–H groups in total. The summed E-state index contributed by atoms with van der Waals surface area (Å²) in [6.07, 6.45) is 3.81. The van der Waals surface area contributed by atoms with E-state index in [2.05, 4.69) is 10.3 Å². The molecule has 20 heavy (non-hydrogen) atoms. The average molecular weight is 297 g/mol. The molecule has 0 bridgehead atoms. The molecule has 7 heteroatoms. The molecule has 0 aromatic carbocycles. The third kappa shape index (κ3) is 2.85. The molecule has 6 nitrogen and oxygen atoms in total. The second-order valence-electron chi connectivity index (χ2n) is 4.72. The fraction of sp³-hybridized carbons (Fsp3) is 0.462. The molecule has 108 valence electrons. The molecule has 1 fully saturated rings. The lowest BCUT2D eigenvalue weighted by atomic mass is 10.00. The summed E-state index contributed by atoms with van der Waals surface area (Å²) in [6, 6.07) is 0.988. The third-order valence-electron chi connectivity index (χ3n) is 3.44. The number of hydrogen-bond acceptors (Lipinski definition) is 4. The minimum atomic E-state index is -0.451. The van der Waals surface area contributed by atoms with Crippen LogP contribution in [0.1, 0.15) is 29.6 Å². The number of carbonyl (C=O) groups is 2. The predicted molar refractivity (Wildman–Crippen MR) is 76.4 cm³/mol. The Morgan fingerprint density at radius 1 is 1.50 bits per heavy atom. The molecule has 1 atom stereocenters. The number of pyridine rings is 1. The standard InChI is InChI=1S/C13H17ClN4O2/c1-16-12(19)10-4-2-3-5-18(10)13(20)8-6-11(14)17-7-9(8)15/h6-7,10H,2-5,15H2,1H3,(H,16,19). The number of halogens is 1. The van der Waals surface area contributed by atoms with E-state index >= 15 is 0 Å². The number of nitrogens with zero attached hydrogens (tertiary/aromatic N) is 2. The van der Waals surface area contributed by atoms with Gasteiger partial charge < -0.3 is 16.0 Å². The summed E-state index contributed by atoms with van der Waals surface area (Å²) in [7, 11) is 1.57. The van der Waals surface area contributed by atoms with E-state index in [4.69, 9.17) is 17.3 Å². The maximum atomic E-state index is 12.6. The fourth-order valence-electron chi connectivity index (χ4n) is 2.39. The molecule has 0 spiro atoms. The van der Waals surface area contributed by atoms with Gasteiger partial charge in [0.2, 0.25) is 5.91 Å². The van der Waals surface area contributed by atoms with Gasteiger partial charge in [0.15, 0.2) is 0 Å². The number of rotatable bonds is 2. The molecule has 2 amide bonds. The van der Waals surface area contributed by atoms with Gasteiger partial charge >= 0.3 is 0 Å². The Morgan fingerprint density at radius 2 is 2.25 bits per heavy atom. The second kappa shape index (κ2) is 6.09. The zero-order valence-corrected chi connectivity index (χ0v) is 12.0. The topological polar surface area (TPSA) is 88.3 Å². The number of amides is 2. The quantitative estimate of drug-likeness (QED) is 0.799. The van der Waals surface area contributed by atoms with E-state index in [9.17, 15) is 9.59 Å². The lowest BCUT2D eigenvalue weighted by Crippen LogP contribution is -2.51. The van der Waals surface area contributed by atoms with Crippen LogP contribution in [0.25, 0.3) is 0 Å². The van der Waals surface area contributed by atoms with Crippen molar-refractivity contribution in [1.82, 2.24) is 15.2 Å². The van der Waals surface area contributed by atoms with Crippen LogP contribution in [-0.4, -0.2) is 41.3 Å². The minimum Gasteiger partial charge on any atom is -0.397 e. The van der Waals surface area contributed by atoms with Crippen LogP contribution in [0.2, 0.25) is 5.15 Å². The number of likely N-dealkylation sites (tertiary alicyclic amines) is 1. The summed E-state index contributed by atoms with van der Waals surface area (Å²) in [5, 5.41) is 2.80. The highest BCUT2D eigenvalue weighted by atomic mass is 35.5. The SMILES string of the molecule is CNC(=O)C1CCCCN1C(=O)c1cc(Cl)ncc1N. The monoisotopic (exact) mass is 296 g/mol. The van der Waals surface area contributed by atoms with E-state index in [-0.39, 0.29) is 22.7 Å². The van der Waals surface area contributed by atoms with Gasteiger partial charge in [0.1, 0.15) is 11.2 Å². The van der Waals surface area contributed by atoms with Gasteiger partial charge in [0.05, 0.1) is 17.4 Å². The van der Waals surface area contributed by atoms with Crippen molar-refractivity contribution in [2.24, 2.45) is 0 Å². The van der Waals surface area contributed by atoms with Gasteiger partial charge in [-0.15, -0.1) is 0 Å². The highest BCUT2D eigenvalue weighted by molar-refractivity contribution is 6.29. The number of nitrogen functional groups attached to an aromatic ring is 1. The first-order valence-corrected chi connectivity index (χ1v) is 6.86. The first-order valence-electron chi connectivity index (χ1n) is 6.48. The molecular formula is C13H17ClN4O2. The van der Waals surface area contributed by atoms with Crippen molar-refractivity contribution in [2.75, 3.05) is 19.3 Å². The predicted octanol–water partition coefficient (Wildman–Crippen LogP) is 1.06. The van der Waals surface area contributed by atoms with E-state index in [1.807, 2.05) is 0 Å². The van der Waals surface area contributed by atoms with Crippen molar-refractivity contribution in [3.05, 3.63) is 23.0 Å². The molecule has 1 aliphatic rings. The molecule has 0 saturated carbocycles. The van der Waals surface area contributed by atoms with Crippen LogP contribution in [0.15, 0.2) is 12.3 Å². The molecule has 1 aliphatic heterocycles. The Bertz CT molecular complexity index is 535. The lowest BCUT2D eigenvalue weighted by Gasteiger charge is -2.34. The maximum absolute atomic E-state index is 12.6. The van der Waals surface area contributed by atoms with Gasteiger partial charge in [-0.2, -0.15) is 0 Å². The summed E-state index contributed by atoms with van der Waals surface area (Å²) < 4.78 is 0. The number of nitrogens with two attached hydrogens (primary N) is 1. The Hall–Kier alpha value is -1.82. The van der Waals surface area contributed by atoms with Gasteiger partial charge in [0, 0.05) is 13.6 Å². The maximum Gasteiger partial charge on any atom is 0.256 e. The molecular weight excluding hydrogens is 280 g/mol. The van der Waals surface area contributed by atoms with E-state index in [0.717, 1.165) is 12.8 Å². The number of piperidine rings is 1. The highest BCUT2D eigenvalue weighted by Crippen LogP contribution is 2.23. The number of likely N-dealkylation sites (N-methyl/N-ethyl adjacent to an activating group) is 1. The van der Waals surface area contributed by atoms with Crippen molar-refractivity contribution < 1.29 is 9.59 Å². The number of nitrogens with one attached hydrogen (secondary N) is 1. The van der Waals surface area contributed by atoms with E-state index < -0.39 is 6.04 Å². The molecule has 1 aromatic heterocycles. The zero-order valence-electron chi connectivity index (χ0n) is 11.2. The van der Waals surface area contributed by atoms with Gasteiger partial charge in [-0.1, -0.05) is 11.6 Å². The van der Waals surface area contributed by atoms with Crippen LogP contribution in [0, 0.1) is 0 Å². The van der Waals surface area contributed by atoms with Crippen LogP contribution in [-0.2, 0) is 4.79 Å². The van der Waals surface area contributed by atoms with E-state index in [1.54, 1.807) is 11.9 Å². The summed E-state index contributed by atoms with van der Waals surface area (Å²) in [5.74, 6) is -0.433. The third-order valence-corrected chi connectivity index (χ3v) is 3.65. The van der Waals surface area contributed by atoms with Crippen molar-refractivity contribution in [3.63, 3.8) is 0 Å². The molecule has 0 aliphatic carbocycles. The molecule has 1 aromatic rings. The normalized spacial score (nSPS) is 18.7. The largest absolute Gasteiger partial charge is 0.397 e. The number of carbonyl (C=O) groups excluding carboxylic acids is 2. The minimum absolute atomic E-state index is 0.156. The van der Waals surface area contributed by atoms with Gasteiger partial charge in [0.25, 0.3) is 5.91 Å². The first kappa shape index (κ1) is 14.6. The fourth-order valence-corrected chi connectivity index (χ4v) is 2.55. The summed E-state index contributed by atoms with van der Waals surface area (Å²) >= 11 is 5.81. The Kier molecular flexibility index (Phi) is 4.44. The van der Waals surface area contributed by atoms with E-state index in [1.165, 1.54) is 12.3 Å². The Balaban J connectivity index is 2.30. The lowest BCUT2D eigenvalue weighted by molar-refractivity contribution is -0.126. The first-order chi connectivity index (χ1) is 9.54. The smallest absolute Gasteiger partial charge is 0.256 e. The van der Waals surface area contributed by atoms with Crippen molar-refractivity contribution in [1.29, 1.82) is 0 Å². The summed E-state index contributed by atoms with van der Waals surface area (Å²) in [5.41, 5.74) is 6.34. The number of aromatic nitrogens is 1. The van der Waals surface area contributed by atoms with Gasteiger partial charge in [-0.25, -0.2) is 4.98 Å². The van der Waals surface area contributed by atoms with Crippen molar-refractivity contribution in [2.45, 2.75) is 25.3 Å². The van der Waals surface area contributed by atoms with Crippen molar-refractivity contribution in [3.8, 4) is 0 Å². The number of hydrogen-bond donors (Lipinski definition) is 2. The van der Waals surface area contributed by atoms with Crippen LogP contribution in [0.5, 0.6) is 0 Å². The summed E-state index contributed by atoms with van der Waals surface area (Å²) in [6.45, 7) is 0.538. The van der Waals surface area contributed by atoms with E-state index in [0.29, 0.717) is 18.5 Å². The van der Waals surface area contributed by atoms with Gasteiger partial charge in [-0.05, 0) is 25.3 Å². The average Bonchev–Trinajstić information content (AvgIpc) is 2.48. The van der Waals surface area contributed by atoms with Crippen molar-refractivity contribution >= 4 is 29.1 Å². The number of anilines is 1. The summed E-state index contributed by atoms with van der Waals surface area (Å²) in [4.78, 5) is 29.9. The molecule has 1 saturated heterocycles. The second-order valence-corrected chi connectivity index (χ2v) is 5.11. The zero-order chi connectivity index (χ0) is 14.7. The van der Waals surface area contributed by atoms with Crippen LogP contribution >= 0.6 is 11.6 Å². The van der Waals surface area contributed by atoms with Crippen LogP contribution in [0.3, 0.4) is 0 Å². The molecule has 0 radical (unpaired) electrons. The van der Waals surface area contributed by atoms with Gasteiger partial charge in [-0.3, -0.25) is 9.59 Å². The molecule has 1 unspecified atom stereocenters. The molecule has 2 rings (SSSR count). The Labute approximate surface area is 122 Å². The van der Waals surface area contributed by atoms with Crippen LogP contribution in [0.4, 0.5) is 5.69 Å². The van der Waals surface area contributed by atoms with Crippen LogP contribution < -0.4 is 11.1 Å². The highest BCUT2D eigenvalue weighted by Gasteiger charge is 2.32. The Morgan fingerprint density at radius 3 is 2.95 bits per heavy atom. The molecule has 2 heterocycles.